The topological polar surface area (TPSA) is 80.8 Å². The fraction of sp³-hybridized carbons (Fsp3) is 0.122. The van der Waals surface area contributed by atoms with Gasteiger partial charge in [-0.1, -0.05) is 120 Å². The third-order valence-electron chi connectivity index (χ3n) is 10.3. The molecule has 0 N–H and O–H groups in total. The fourth-order valence-electron chi connectivity index (χ4n) is 8.53. The molecule has 5 aromatic rings. The van der Waals surface area contributed by atoms with Gasteiger partial charge in [-0.15, -0.1) is 0 Å². The average Bonchev–Trinajstić information content (AvgIpc) is 3.65. The molecular formula is C41H26Cl3NO5. The molecule has 0 unspecified atom stereocenters. The number of anilines is 1. The number of allylic oxidation sites excluding steroid dienone is 2. The number of imide groups is 1. The first kappa shape index (κ1) is 32.2. The second-order valence-electron chi connectivity index (χ2n) is 12.6. The minimum atomic E-state index is -1.62. The summed E-state index contributed by atoms with van der Waals surface area (Å²) in [5.74, 6) is -4.48. The van der Waals surface area contributed by atoms with Crippen molar-refractivity contribution in [3.63, 3.8) is 0 Å². The molecule has 0 aromatic heterocycles. The predicted octanol–water partition coefficient (Wildman–Crippen LogP) is 8.62. The molecule has 1 saturated carbocycles. The zero-order valence-corrected chi connectivity index (χ0v) is 28.7. The Bertz CT molecular complexity index is 2140. The summed E-state index contributed by atoms with van der Waals surface area (Å²) in [6.45, 7) is 0. The van der Waals surface area contributed by atoms with Gasteiger partial charge in [0.1, 0.15) is 0 Å². The first-order chi connectivity index (χ1) is 24.2. The third kappa shape index (κ3) is 4.22. The number of carbonyl (C=O) groups excluding carboxylic acids is 4. The molecular weight excluding hydrogens is 693 g/mol. The van der Waals surface area contributed by atoms with E-state index in [2.05, 4.69) is 0 Å². The molecule has 5 aromatic carbocycles. The van der Waals surface area contributed by atoms with Gasteiger partial charge < -0.3 is 4.74 Å². The lowest BCUT2D eigenvalue weighted by Gasteiger charge is -2.39. The normalized spacial score (nSPS) is 23.8. The van der Waals surface area contributed by atoms with E-state index in [9.17, 15) is 4.79 Å². The number of esters is 1. The Morgan fingerprint density at radius 1 is 0.620 bits per heavy atom. The highest BCUT2D eigenvalue weighted by atomic mass is 35.5. The smallest absolute Gasteiger partial charge is 0.339 e. The summed E-state index contributed by atoms with van der Waals surface area (Å²) < 4.78 is 4.93. The van der Waals surface area contributed by atoms with Crippen LogP contribution in [0.1, 0.15) is 32.6 Å². The molecule has 0 radical (unpaired) electrons. The van der Waals surface area contributed by atoms with Crippen LogP contribution in [0.25, 0.3) is 11.1 Å². The summed E-state index contributed by atoms with van der Waals surface area (Å²) in [7, 11) is 1.22. The SMILES string of the molecule is COC(=O)c1cc(N2C(=O)[C@@H]3[C@@H](C2=O)[C@@]2(c4ccc(Cl)cc4)C(=O)[C@@]3(c3ccc(Cl)cc3)C(c3ccccc3)=C2c2ccccc2)ccc1Cl. The number of hydrogen-bond acceptors (Lipinski definition) is 5. The molecule has 1 saturated heterocycles. The molecule has 4 atom stereocenters. The van der Waals surface area contributed by atoms with Gasteiger partial charge in [0.25, 0.3) is 0 Å². The van der Waals surface area contributed by atoms with Crippen LogP contribution in [0.3, 0.4) is 0 Å². The minimum absolute atomic E-state index is 0.00345. The molecule has 2 amide bonds. The van der Waals surface area contributed by atoms with Crippen LogP contribution in [-0.4, -0.2) is 30.7 Å². The number of methoxy groups -OCH3 is 1. The summed E-state index contributed by atoms with van der Waals surface area (Å²) in [5, 5.41) is 1.01. The number of Topliss-reactive ketones (excluding diaryl/α,β-unsaturated/α-hetero) is 1. The van der Waals surface area contributed by atoms with Gasteiger partial charge in [0.15, 0.2) is 5.78 Å². The Morgan fingerprint density at radius 3 is 1.48 bits per heavy atom. The number of hydrogen-bond donors (Lipinski definition) is 0. The number of carbonyl (C=O) groups is 4. The van der Waals surface area contributed by atoms with Gasteiger partial charge in [-0.2, -0.15) is 0 Å². The Labute approximate surface area is 302 Å². The maximum Gasteiger partial charge on any atom is 0.339 e. The molecule has 2 bridgehead atoms. The summed E-state index contributed by atoms with van der Waals surface area (Å²) in [6.07, 6.45) is 0. The number of amides is 2. The first-order valence-electron chi connectivity index (χ1n) is 15.9. The van der Waals surface area contributed by atoms with E-state index in [0.717, 1.165) is 16.0 Å². The second-order valence-corrected chi connectivity index (χ2v) is 13.8. The first-order valence-corrected chi connectivity index (χ1v) is 17.0. The number of halogens is 3. The van der Waals surface area contributed by atoms with Crippen LogP contribution in [0.2, 0.25) is 15.1 Å². The maximum absolute atomic E-state index is 16.0. The van der Waals surface area contributed by atoms with E-state index in [1.807, 2.05) is 60.7 Å². The van der Waals surface area contributed by atoms with Crippen molar-refractivity contribution in [2.75, 3.05) is 12.0 Å². The van der Waals surface area contributed by atoms with E-state index in [4.69, 9.17) is 39.5 Å². The standard InChI is InChI=1S/C41H26Cl3NO5/c1-50-38(48)30-22-29(20-21-31(30)44)45-36(46)34-35(37(45)47)41(26-14-18-28(43)19-15-26)33(24-10-6-3-7-11-24)32(23-8-4-2-5-9-23)40(34,39(41)49)25-12-16-27(42)17-13-25/h2-22,34-35H,1H3/t34-,35-,40-,41-/m0/s1. The Kier molecular flexibility index (Phi) is 7.60. The van der Waals surface area contributed by atoms with E-state index in [1.54, 1.807) is 48.5 Å². The Hall–Kier alpha value is -5.01. The third-order valence-corrected chi connectivity index (χ3v) is 11.2. The molecule has 246 valence electrons. The van der Waals surface area contributed by atoms with Gasteiger partial charge in [0.05, 0.1) is 46.0 Å². The van der Waals surface area contributed by atoms with Crippen LogP contribution < -0.4 is 4.90 Å². The fourth-order valence-corrected chi connectivity index (χ4v) is 8.98. The van der Waals surface area contributed by atoms with Gasteiger partial charge in [-0.25, -0.2) is 9.69 Å². The van der Waals surface area contributed by atoms with E-state index >= 15 is 14.4 Å². The quantitative estimate of drug-likeness (QED) is 0.130. The van der Waals surface area contributed by atoms with Crippen molar-refractivity contribution < 1.29 is 23.9 Å². The zero-order chi connectivity index (χ0) is 34.9. The molecule has 1 heterocycles. The Balaban J connectivity index is 1.52. The summed E-state index contributed by atoms with van der Waals surface area (Å²) in [5.41, 5.74) is 0.728. The lowest BCUT2D eigenvalue weighted by atomic mass is 9.59. The monoisotopic (exact) mass is 717 g/mol. The van der Waals surface area contributed by atoms with Crippen LogP contribution >= 0.6 is 34.8 Å². The Morgan fingerprint density at radius 2 is 1.06 bits per heavy atom. The molecule has 8 rings (SSSR count). The van der Waals surface area contributed by atoms with Crippen LogP contribution in [-0.2, 0) is 30.0 Å². The highest BCUT2D eigenvalue weighted by molar-refractivity contribution is 6.39. The van der Waals surface area contributed by atoms with E-state index in [1.165, 1.54) is 25.3 Å². The average molecular weight is 719 g/mol. The number of ketones is 1. The highest BCUT2D eigenvalue weighted by Crippen LogP contribution is 2.74. The number of rotatable bonds is 6. The lowest BCUT2D eigenvalue weighted by Crippen LogP contribution is -2.45. The number of benzene rings is 5. The number of fused-ring (bicyclic) bond motifs is 5. The van der Waals surface area contributed by atoms with Crippen LogP contribution in [0.4, 0.5) is 5.69 Å². The van der Waals surface area contributed by atoms with Crippen LogP contribution in [0.15, 0.2) is 127 Å². The molecule has 2 fully saturated rings. The van der Waals surface area contributed by atoms with Crippen molar-refractivity contribution in [1.82, 2.24) is 0 Å². The van der Waals surface area contributed by atoms with Gasteiger partial charge >= 0.3 is 5.97 Å². The molecule has 0 spiro atoms. The largest absolute Gasteiger partial charge is 0.465 e. The van der Waals surface area contributed by atoms with Crippen molar-refractivity contribution in [3.8, 4) is 0 Å². The van der Waals surface area contributed by atoms with Crippen molar-refractivity contribution in [2.45, 2.75) is 10.8 Å². The van der Waals surface area contributed by atoms with Crippen molar-refractivity contribution in [2.24, 2.45) is 11.8 Å². The van der Waals surface area contributed by atoms with E-state index in [-0.39, 0.29) is 22.1 Å². The second kappa shape index (κ2) is 11.8. The molecule has 9 heteroatoms. The van der Waals surface area contributed by atoms with Crippen molar-refractivity contribution in [1.29, 1.82) is 0 Å². The van der Waals surface area contributed by atoms with Gasteiger partial charge in [0.2, 0.25) is 11.8 Å². The van der Waals surface area contributed by atoms with Gasteiger partial charge in [-0.3, -0.25) is 14.4 Å². The number of ether oxygens (including phenoxy) is 1. The van der Waals surface area contributed by atoms with Crippen molar-refractivity contribution >= 4 is 75.2 Å². The van der Waals surface area contributed by atoms with E-state index < -0.39 is 40.4 Å². The lowest BCUT2D eigenvalue weighted by molar-refractivity contribution is -0.130. The van der Waals surface area contributed by atoms with Crippen LogP contribution in [0.5, 0.6) is 0 Å². The van der Waals surface area contributed by atoms with Crippen LogP contribution in [0, 0.1) is 11.8 Å². The molecule has 3 aliphatic rings. The molecule has 2 aliphatic carbocycles. The maximum atomic E-state index is 16.0. The number of nitrogens with zero attached hydrogens (tertiary/aromatic N) is 1. The van der Waals surface area contributed by atoms with Gasteiger partial charge in [-0.05, 0) is 75.9 Å². The highest BCUT2D eigenvalue weighted by Gasteiger charge is 2.82. The minimum Gasteiger partial charge on any atom is -0.465 e. The molecule has 50 heavy (non-hydrogen) atoms. The molecule has 1 aliphatic heterocycles. The zero-order valence-electron chi connectivity index (χ0n) is 26.4. The summed E-state index contributed by atoms with van der Waals surface area (Å²) in [6, 6.07) is 37.2. The van der Waals surface area contributed by atoms with Crippen molar-refractivity contribution in [3.05, 3.63) is 170 Å². The predicted molar refractivity (Wildman–Crippen MR) is 193 cm³/mol. The van der Waals surface area contributed by atoms with E-state index in [0.29, 0.717) is 32.3 Å². The summed E-state index contributed by atoms with van der Waals surface area (Å²) in [4.78, 5) is 60.2. The molecule has 6 nitrogen and oxygen atoms in total. The van der Waals surface area contributed by atoms with Gasteiger partial charge in [0, 0.05) is 10.0 Å². The summed E-state index contributed by atoms with van der Waals surface area (Å²) >= 11 is 19.2.